The van der Waals surface area contributed by atoms with Crippen LogP contribution in [0.25, 0.3) is 0 Å². The quantitative estimate of drug-likeness (QED) is 0.618. The minimum Gasteiger partial charge on any atom is -0.488 e. The van der Waals surface area contributed by atoms with Crippen LogP contribution in [0.5, 0.6) is 5.75 Å². The molecule has 0 radical (unpaired) electrons. The normalized spacial score (nSPS) is 10.1. The van der Waals surface area contributed by atoms with Gasteiger partial charge in [0.2, 0.25) is 0 Å². The molecule has 0 unspecified atom stereocenters. The highest BCUT2D eigenvalue weighted by molar-refractivity contribution is 5.20. The molecule has 60 valence electrons. The lowest BCUT2D eigenvalue weighted by molar-refractivity contribution is -0.0680. The molecule has 0 aliphatic carbocycles. The summed E-state index contributed by atoms with van der Waals surface area (Å²) in [4.78, 5) is 0. The Hall–Kier alpha value is -1.06. The fourth-order valence-electron chi connectivity index (χ4n) is 0.687. The van der Waals surface area contributed by atoms with Crippen LogP contribution in [0, 0.1) is 0 Å². The zero-order chi connectivity index (χ0) is 8.10. The first-order valence-corrected chi connectivity index (χ1v) is 3.33. The van der Waals surface area contributed by atoms with Gasteiger partial charge in [0.1, 0.15) is 12.4 Å². The summed E-state index contributed by atoms with van der Waals surface area (Å²) in [5.41, 5.74) is 0. The Morgan fingerprint density at radius 2 is 1.82 bits per heavy atom. The molecule has 1 aromatic carbocycles. The minimum absolute atomic E-state index is 0.0932. The highest BCUT2D eigenvalue weighted by atomic mass is 16.5. The topological polar surface area (TPSA) is 49.7 Å². The molecule has 0 atom stereocenters. The molecular weight excluding hydrogens is 144 g/mol. The largest absolute Gasteiger partial charge is 0.488 e. The average molecular weight is 154 g/mol. The Labute approximate surface area is 64.9 Å². The molecule has 11 heavy (non-hydrogen) atoms. The van der Waals surface area contributed by atoms with E-state index in [2.05, 4.69) is 0 Å². The van der Waals surface area contributed by atoms with Gasteiger partial charge in [-0.1, -0.05) is 18.2 Å². The second-order valence-electron chi connectivity index (χ2n) is 2.10. The van der Waals surface area contributed by atoms with Crippen LogP contribution in [0.15, 0.2) is 30.3 Å². The van der Waals surface area contributed by atoms with Crippen LogP contribution in [-0.4, -0.2) is 23.1 Å². The zero-order valence-electron chi connectivity index (χ0n) is 5.97. The van der Waals surface area contributed by atoms with Crippen molar-refractivity contribution in [2.24, 2.45) is 0 Å². The van der Waals surface area contributed by atoms with E-state index in [1.54, 1.807) is 12.1 Å². The van der Waals surface area contributed by atoms with Gasteiger partial charge in [0.05, 0.1) is 0 Å². The highest BCUT2D eigenvalue weighted by Gasteiger charge is 1.96. The molecule has 0 saturated heterocycles. The van der Waals surface area contributed by atoms with Gasteiger partial charge in [-0.3, -0.25) is 0 Å². The van der Waals surface area contributed by atoms with Gasteiger partial charge in [0.25, 0.3) is 0 Å². The summed E-state index contributed by atoms with van der Waals surface area (Å²) in [6, 6.07) is 9.01. The molecule has 2 N–H and O–H groups in total. The second kappa shape index (κ2) is 3.95. The number of benzene rings is 1. The third-order valence-electron chi connectivity index (χ3n) is 1.14. The van der Waals surface area contributed by atoms with Gasteiger partial charge in [0.15, 0.2) is 6.29 Å². The molecular formula is C8H10O3. The first kappa shape index (κ1) is 8.04. The molecule has 0 amide bonds. The Bertz CT molecular complexity index is 196. The standard InChI is InChI=1S/C8H10O3/c9-8(10)6-11-7-4-2-1-3-5-7/h1-5,8-10H,6H2. The minimum atomic E-state index is -1.41. The lowest BCUT2D eigenvalue weighted by atomic mass is 10.3. The van der Waals surface area contributed by atoms with Gasteiger partial charge in [-0.05, 0) is 12.1 Å². The van der Waals surface area contributed by atoms with E-state index in [0.29, 0.717) is 5.75 Å². The van der Waals surface area contributed by atoms with Gasteiger partial charge in [-0.2, -0.15) is 0 Å². The number of aliphatic hydroxyl groups is 2. The van der Waals surface area contributed by atoms with Crippen LogP contribution in [0.2, 0.25) is 0 Å². The fraction of sp³-hybridized carbons (Fsp3) is 0.250. The molecule has 3 nitrogen and oxygen atoms in total. The van der Waals surface area contributed by atoms with Crippen molar-refractivity contribution in [2.45, 2.75) is 6.29 Å². The SMILES string of the molecule is OC(O)COc1ccccc1. The highest BCUT2D eigenvalue weighted by Crippen LogP contribution is 2.07. The number of para-hydroxylation sites is 1. The molecule has 0 aliphatic heterocycles. The predicted molar refractivity (Wildman–Crippen MR) is 40.2 cm³/mol. The van der Waals surface area contributed by atoms with Crippen molar-refractivity contribution in [2.75, 3.05) is 6.61 Å². The lowest BCUT2D eigenvalue weighted by Crippen LogP contribution is -2.15. The van der Waals surface area contributed by atoms with Gasteiger partial charge >= 0.3 is 0 Å². The van der Waals surface area contributed by atoms with Crippen LogP contribution in [-0.2, 0) is 0 Å². The van der Waals surface area contributed by atoms with Crippen LogP contribution >= 0.6 is 0 Å². The van der Waals surface area contributed by atoms with E-state index in [1.807, 2.05) is 18.2 Å². The van der Waals surface area contributed by atoms with Crippen molar-refractivity contribution in [3.05, 3.63) is 30.3 Å². The molecule has 3 heteroatoms. The third-order valence-corrected chi connectivity index (χ3v) is 1.14. The van der Waals surface area contributed by atoms with E-state index in [0.717, 1.165) is 0 Å². The smallest absolute Gasteiger partial charge is 0.186 e. The molecule has 1 rings (SSSR count). The third kappa shape index (κ3) is 3.02. The summed E-state index contributed by atoms with van der Waals surface area (Å²) >= 11 is 0. The van der Waals surface area contributed by atoms with E-state index in [9.17, 15) is 0 Å². The number of hydrogen-bond acceptors (Lipinski definition) is 3. The molecule has 0 heterocycles. The van der Waals surface area contributed by atoms with Crippen LogP contribution < -0.4 is 4.74 Å². The maximum atomic E-state index is 8.44. The van der Waals surface area contributed by atoms with Gasteiger partial charge in [0, 0.05) is 0 Å². The molecule has 0 spiro atoms. The lowest BCUT2D eigenvalue weighted by Gasteiger charge is -2.05. The van der Waals surface area contributed by atoms with E-state index >= 15 is 0 Å². The molecule has 0 bridgehead atoms. The van der Waals surface area contributed by atoms with Gasteiger partial charge in [-0.25, -0.2) is 0 Å². The molecule has 1 aromatic rings. The Balaban J connectivity index is 2.39. The van der Waals surface area contributed by atoms with E-state index in [-0.39, 0.29) is 6.61 Å². The summed E-state index contributed by atoms with van der Waals surface area (Å²) in [7, 11) is 0. The first-order valence-electron chi connectivity index (χ1n) is 3.33. The summed E-state index contributed by atoms with van der Waals surface area (Å²) in [6.45, 7) is -0.0932. The average Bonchev–Trinajstić information content (AvgIpc) is 2.03. The zero-order valence-corrected chi connectivity index (χ0v) is 5.97. The second-order valence-corrected chi connectivity index (χ2v) is 2.10. The summed E-state index contributed by atoms with van der Waals surface area (Å²) < 4.78 is 4.97. The maximum Gasteiger partial charge on any atom is 0.186 e. The van der Waals surface area contributed by atoms with Crippen molar-refractivity contribution in [1.82, 2.24) is 0 Å². The first-order chi connectivity index (χ1) is 5.29. The maximum absolute atomic E-state index is 8.44. The summed E-state index contributed by atoms with van der Waals surface area (Å²) in [6.07, 6.45) is -1.41. The molecule has 0 aliphatic rings. The van der Waals surface area contributed by atoms with Crippen LogP contribution in [0.3, 0.4) is 0 Å². The van der Waals surface area contributed by atoms with Crippen molar-refractivity contribution >= 4 is 0 Å². The van der Waals surface area contributed by atoms with Crippen LogP contribution in [0.1, 0.15) is 0 Å². The van der Waals surface area contributed by atoms with Gasteiger partial charge in [-0.15, -0.1) is 0 Å². The molecule has 0 fully saturated rings. The molecule has 0 aromatic heterocycles. The van der Waals surface area contributed by atoms with E-state index < -0.39 is 6.29 Å². The number of ether oxygens (including phenoxy) is 1. The number of rotatable bonds is 3. The van der Waals surface area contributed by atoms with Crippen molar-refractivity contribution in [3.63, 3.8) is 0 Å². The Morgan fingerprint density at radius 1 is 1.18 bits per heavy atom. The van der Waals surface area contributed by atoms with Crippen molar-refractivity contribution < 1.29 is 14.9 Å². The number of hydrogen-bond donors (Lipinski definition) is 2. The monoisotopic (exact) mass is 154 g/mol. The Kier molecular flexibility index (Phi) is 2.89. The van der Waals surface area contributed by atoms with Crippen molar-refractivity contribution in [1.29, 1.82) is 0 Å². The summed E-state index contributed by atoms with van der Waals surface area (Å²) in [5, 5.41) is 16.9. The predicted octanol–water partition coefficient (Wildman–Crippen LogP) is 0.376. The fourth-order valence-corrected chi connectivity index (χ4v) is 0.687. The number of aliphatic hydroxyl groups excluding tert-OH is 1. The Morgan fingerprint density at radius 3 is 2.36 bits per heavy atom. The van der Waals surface area contributed by atoms with Crippen molar-refractivity contribution in [3.8, 4) is 5.75 Å². The summed E-state index contributed by atoms with van der Waals surface area (Å²) in [5.74, 6) is 0.639. The van der Waals surface area contributed by atoms with E-state index in [1.165, 1.54) is 0 Å². The molecule has 0 saturated carbocycles. The van der Waals surface area contributed by atoms with E-state index in [4.69, 9.17) is 14.9 Å². The van der Waals surface area contributed by atoms with Gasteiger partial charge < -0.3 is 14.9 Å². The van der Waals surface area contributed by atoms with Crippen LogP contribution in [0.4, 0.5) is 0 Å².